The quantitative estimate of drug-likeness (QED) is 0.726. The summed E-state index contributed by atoms with van der Waals surface area (Å²) in [7, 11) is 1.52. The summed E-state index contributed by atoms with van der Waals surface area (Å²) in [5.41, 5.74) is 2.33. The van der Waals surface area contributed by atoms with Crippen molar-refractivity contribution in [2.75, 3.05) is 24.4 Å². The third kappa shape index (κ3) is 4.35. The zero-order valence-electron chi connectivity index (χ0n) is 13.9. The minimum atomic E-state index is -0.621. The summed E-state index contributed by atoms with van der Waals surface area (Å²) in [6, 6.07) is 3.62. The lowest BCUT2D eigenvalue weighted by atomic mass is 10.0. The van der Waals surface area contributed by atoms with Gasteiger partial charge in [-0.1, -0.05) is 6.92 Å². The molecule has 24 heavy (non-hydrogen) atoms. The van der Waals surface area contributed by atoms with Gasteiger partial charge in [-0.25, -0.2) is 4.79 Å². The number of fused-ring (bicyclic) bond motifs is 1. The van der Waals surface area contributed by atoms with Crippen molar-refractivity contribution in [2.45, 2.75) is 26.7 Å². The van der Waals surface area contributed by atoms with E-state index in [9.17, 15) is 9.59 Å². The van der Waals surface area contributed by atoms with Crippen LogP contribution in [0, 0.1) is 5.92 Å². The summed E-state index contributed by atoms with van der Waals surface area (Å²) >= 11 is 5.10. The highest BCUT2D eigenvalue weighted by Gasteiger charge is 2.21. The highest BCUT2D eigenvalue weighted by Crippen LogP contribution is 2.34. The van der Waals surface area contributed by atoms with Gasteiger partial charge in [-0.05, 0) is 43.6 Å². The van der Waals surface area contributed by atoms with E-state index in [1.807, 2.05) is 13.0 Å². The molecule has 0 aliphatic carbocycles. The first-order valence-electron chi connectivity index (χ1n) is 7.71. The van der Waals surface area contributed by atoms with Gasteiger partial charge in [-0.2, -0.15) is 0 Å². The standard InChI is InChI=1S/C16H21N3O4S/c1-4-23-16(21)19-15(24)18-12-7-10-6-5-9(2)14(20)17-11(10)8-13(12)22-3/h7-9H,4-6H2,1-3H3,(H,17,20)(H2,18,19,21,24). The van der Waals surface area contributed by atoms with E-state index in [-0.39, 0.29) is 23.5 Å². The van der Waals surface area contributed by atoms with Crippen molar-refractivity contribution in [3.8, 4) is 5.75 Å². The second-order valence-electron chi connectivity index (χ2n) is 5.44. The summed E-state index contributed by atoms with van der Waals surface area (Å²) in [5.74, 6) is 0.457. The van der Waals surface area contributed by atoms with Crippen molar-refractivity contribution in [2.24, 2.45) is 5.92 Å². The molecule has 1 atom stereocenters. The Kier molecular flexibility index (Phi) is 5.97. The lowest BCUT2D eigenvalue weighted by Crippen LogP contribution is -2.34. The highest BCUT2D eigenvalue weighted by atomic mass is 32.1. The zero-order chi connectivity index (χ0) is 17.7. The lowest BCUT2D eigenvalue weighted by Gasteiger charge is -2.16. The summed E-state index contributed by atoms with van der Waals surface area (Å²) < 4.78 is 10.1. The molecular weight excluding hydrogens is 330 g/mol. The summed E-state index contributed by atoms with van der Waals surface area (Å²) in [5, 5.41) is 8.36. The van der Waals surface area contributed by atoms with E-state index in [0.29, 0.717) is 11.4 Å². The fraction of sp³-hybridized carbons (Fsp3) is 0.438. The van der Waals surface area contributed by atoms with Crippen LogP contribution in [0.15, 0.2) is 12.1 Å². The maximum Gasteiger partial charge on any atom is 0.413 e. The molecule has 0 radical (unpaired) electrons. The number of ether oxygens (including phenoxy) is 2. The van der Waals surface area contributed by atoms with Gasteiger partial charge in [0.25, 0.3) is 0 Å². The number of aryl methyl sites for hydroxylation is 1. The fourth-order valence-electron chi connectivity index (χ4n) is 2.39. The topological polar surface area (TPSA) is 88.7 Å². The summed E-state index contributed by atoms with van der Waals surface area (Å²) in [6.07, 6.45) is 0.895. The molecule has 1 unspecified atom stereocenters. The predicted octanol–water partition coefficient (Wildman–Crippen LogP) is 2.66. The average Bonchev–Trinajstić information content (AvgIpc) is 2.66. The SMILES string of the molecule is CCOC(=O)NC(=S)Nc1cc2c(cc1OC)NC(=O)C(C)CC2. The van der Waals surface area contributed by atoms with Crippen LogP contribution < -0.4 is 20.7 Å². The van der Waals surface area contributed by atoms with Crippen LogP contribution in [0.5, 0.6) is 5.75 Å². The first-order chi connectivity index (χ1) is 11.4. The van der Waals surface area contributed by atoms with Crippen LogP contribution in [0.1, 0.15) is 25.8 Å². The Morgan fingerprint density at radius 1 is 1.46 bits per heavy atom. The monoisotopic (exact) mass is 351 g/mol. The van der Waals surface area contributed by atoms with E-state index < -0.39 is 6.09 Å². The van der Waals surface area contributed by atoms with E-state index in [4.69, 9.17) is 21.7 Å². The Labute approximate surface area is 146 Å². The van der Waals surface area contributed by atoms with E-state index in [0.717, 1.165) is 24.1 Å². The molecule has 7 nitrogen and oxygen atoms in total. The number of methoxy groups -OCH3 is 1. The number of nitrogens with one attached hydrogen (secondary N) is 3. The molecule has 2 amide bonds. The van der Waals surface area contributed by atoms with Crippen molar-refractivity contribution >= 4 is 40.7 Å². The first-order valence-corrected chi connectivity index (χ1v) is 8.12. The Balaban J connectivity index is 2.20. The molecule has 1 aliphatic heterocycles. The van der Waals surface area contributed by atoms with Gasteiger partial charge in [0.2, 0.25) is 5.91 Å². The predicted molar refractivity (Wildman–Crippen MR) is 95.5 cm³/mol. The zero-order valence-corrected chi connectivity index (χ0v) is 14.7. The van der Waals surface area contributed by atoms with Crippen LogP contribution in [0.3, 0.4) is 0 Å². The maximum absolute atomic E-state index is 12.0. The minimum absolute atomic E-state index is 0.00369. The number of amides is 2. The number of hydrogen-bond acceptors (Lipinski definition) is 5. The molecule has 0 fully saturated rings. The number of carbonyl (C=O) groups is 2. The Morgan fingerprint density at radius 2 is 2.21 bits per heavy atom. The molecular formula is C16H21N3O4S. The smallest absolute Gasteiger partial charge is 0.413 e. The van der Waals surface area contributed by atoms with E-state index >= 15 is 0 Å². The van der Waals surface area contributed by atoms with Crippen LogP contribution >= 0.6 is 12.2 Å². The van der Waals surface area contributed by atoms with Gasteiger partial charge in [0.05, 0.1) is 19.4 Å². The molecule has 0 spiro atoms. The van der Waals surface area contributed by atoms with Gasteiger partial charge in [0, 0.05) is 17.7 Å². The molecule has 1 aliphatic rings. The van der Waals surface area contributed by atoms with Crippen LogP contribution in [0.25, 0.3) is 0 Å². The van der Waals surface area contributed by atoms with Crippen LogP contribution in [0.4, 0.5) is 16.2 Å². The van der Waals surface area contributed by atoms with Gasteiger partial charge in [-0.15, -0.1) is 0 Å². The molecule has 1 aromatic rings. The molecule has 0 saturated carbocycles. The van der Waals surface area contributed by atoms with Gasteiger partial charge >= 0.3 is 6.09 Å². The number of rotatable bonds is 3. The number of thiocarbonyl (C=S) groups is 1. The van der Waals surface area contributed by atoms with E-state index in [1.165, 1.54) is 7.11 Å². The van der Waals surface area contributed by atoms with Crippen LogP contribution in [-0.4, -0.2) is 30.8 Å². The average molecular weight is 351 g/mol. The third-order valence-corrected chi connectivity index (χ3v) is 3.92. The first kappa shape index (κ1) is 18.0. The van der Waals surface area contributed by atoms with Crippen molar-refractivity contribution in [3.63, 3.8) is 0 Å². The van der Waals surface area contributed by atoms with E-state index in [1.54, 1.807) is 13.0 Å². The normalized spacial score (nSPS) is 16.3. The minimum Gasteiger partial charge on any atom is -0.494 e. The number of hydrogen-bond donors (Lipinski definition) is 3. The second kappa shape index (κ2) is 7.96. The van der Waals surface area contributed by atoms with E-state index in [2.05, 4.69) is 16.0 Å². The number of benzene rings is 1. The van der Waals surface area contributed by atoms with Crippen molar-refractivity contribution in [3.05, 3.63) is 17.7 Å². The number of carbonyl (C=O) groups excluding carboxylic acids is 2. The molecule has 130 valence electrons. The summed E-state index contributed by atoms with van der Waals surface area (Å²) in [6.45, 7) is 3.87. The van der Waals surface area contributed by atoms with Gasteiger partial charge < -0.3 is 20.1 Å². The molecule has 8 heteroatoms. The molecule has 2 rings (SSSR count). The molecule has 0 aromatic heterocycles. The van der Waals surface area contributed by atoms with Gasteiger partial charge in [-0.3, -0.25) is 10.1 Å². The Bertz CT molecular complexity index is 663. The Hall–Kier alpha value is -2.35. The number of anilines is 2. The second-order valence-corrected chi connectivity index (χ2v) is 5.85. The summed E-state index contributed by atoms with van der Waals surface area (Å²) in [4.78, 5) is 23.4. The molecule has 0 bridgehead atoms. The highest BCUT2D eigenvalue weighted by molar-refractivity contribution is 7.80. The molecule has 1 aromatic carbocycles. The van der Waals surface area contributed by atoms with Crippen LogP contribution in [0.2, 0.25) is 0 Å². The fourth-order valence-corrected chi connectivity index (χ4v) is 2.58. The lowest BCUT2D eigenvalue weighted by molar-refractivity contribution is -0.119. The van der Waals surface area contributed by atoms with Crippen LogP contribution in [-0.2, 0) is 16.0 Å². The molecule has 0 saturated heterocycles. The van der Waals surface area contributed by atoms with Gasteiger partial charge in [0.1, 0.15) is 5.75 Å². The molecule has 1 heterocycles. The molecule has 3 N–H and O–H groups in total. The largest absolute Gasteiger partial charge is 0.494 e. The maximum atomic E-state index is 12.0. The Morgan fingerprint density at radius 3 is 2.88 bits per heavy atom. The number of alkyl carbamates (subject to hydrolysis) is 1. The third-order valence-electron chi connectivity index (χ3n) is 3.72. The van der Waals surface area contributed by atoms with Crippen molar-refractivity contribution < 1.29 is 19.1 Å². The van der Waals surface area contributed by atoms with Crippen molar-refractivity contribution in [1.82, 2.24) is 5.32 Å². The van der Waals surface area contributed by atoms with Crippen molar-refractivity contribution in [1.29, 1.82) is 0 Å². The van der Waals surface area contributed by atoms with Gasteiger partial charge in [0.15, 0.2) is 5.11 Å².